The monoisotopic (exact) mass is 174 g/mol. The molecule has 2 N–H and O–H groups in total. The Balaban J connectivity index is 2.30. The van der Waals surface area contributed by atoms with Crippen LogP contribution < -0.4 is 10.6 Å². The Morgan fingerprint density at radius 2 is 2.36 bits per heavy atom. The zero-order valence-electron chi connectivity index (χ0n) is 6.89. The van der Waals surface area contributed by atoms with Crippen LogP contribution in [0.25, 0.3) is 0 Å². The summed E-state index contributed by atoms with van der Waals surface area (Å²) in [6, 6.07) is 0.384. The Kier molecular flexibility index (Phi) is 3.08. The first kappa shape index (κ1) is 8.74. The van der Waals surface area contributed by atoms with Gasteiger partial charge in [-0.25, -0.2) is 0 Å². The Hall–Kier alpha value is -0.350. The van der Waals surface area contributed by atoms with Crippen molar-refractivity contribution in [3.63, 3.8) is 0 Å². The summed E-state index contributed by atoms with van der Waals surface area (Å²) in [6.07, 6.45) is 1.32. The van der Waals surface area contributed by atoms with Crippen molar-refractivity contribution in [3.8, 4) is 0 Å². The summed E-state index contributed by atoms with van der Waals surface area (Å²) in [5.74, 6) is 0. The van der Waals surface area contributed by atoms with Gasteiger partial charge in [-0.1, -0.05) is 0 Å². The van der Waals surface area contributed by atoms with Gasteiger partial charge >= 0.3 is 0 Å². The molecule has 4 heteroatoms. The Labute approximate surface area is 72.5 Å². The highest BCUT2D eigenvalue weighted by Crippen LogP contribution is 2.11. The summed E-state index contributed by atoms with van der Waals surface area (Å²) < 4.78 is 5.36. The first-order valence-corrected chi connectivity index (χ1v) is 4.24. The SMILES string of the molecule is CNC(=S)NC1CCOC1C. The number of hydrogen-bond acceptors (Lipinski definition) is 2. The molecule has 0 spiro atoms. The topological polar surface area (TPSA) is 33.3 Å². The number of ether oxygens (including phenoxy) is 1. The summed E-state index contributed by atoms with van der Waals surface area (Å²) in [6.45, 7) is 2.90. The van der Waals surface area contributed by atoms with Gasteiger partial charge < -0.3 is 15.4 Å². The summed E-state index contributed by atoms with van der Waals surface area (Å²) in [5.41, 5.74) is 0. The number of hydrogen-bond donors (Lipinski definition) is 2. The summed E-state index contributed by atoms with van der Waals surface area (Å²) in [4.78, 5) is 0. The van der Waals surface area contributed by atoms with Gasteiger partial charge in [0.1, 0.15) is 0 Å². The predicted molar refractivity (Wildman–Crippen MR) is 48.6 cm³/mol. The lowest BCUT2D eigenvalue weighted by Crippen LogP contribution is -2.43. The molecule has 0 aromatic rings. The molecule has 0 amide bonds. The smallest absolute Gasteiger partial charge is 0.166 e. The number of nitrogens with one attached hydrogen (secondary N) is 2. The fraction of sp³-hybridized carbons (Fsp3) is 0.857. The van der Waals surface area contributed by atoms with Crippen LogP contribution in [0.3, 0.4) is 0 Å². The van der Waals surface area contributed by atoms with Crippen LogP contribution in [0.2, 0.25) is 0 Å². The van der Waals surface area contributed by atoms with Gasteiger partial charge in [-0.05, 0) is 25.6 Å². The predicted octanol–water partition coefficient (Wildman–Crippen LogP) is 0.258. The second kappa shape index (κ2) is 3.88. The van der Waals surface area contributed by atoms with E-state index in [0.29, 0.717) is 11.2 Å². The molecule has 3 nitrogen and oxygen atoms in total. The maximum absolute atomic E-state index is 5.36. The molecule has 1 fully saturated rings. The van der Waals surface area contributed by atoms with Gasteiger partial charge in [0.15, 0.2) is 5.11 Å². The molecule has 0 radical (unpaired) electrons. The third-order valence-electron chi connectivity index (χ3n) is 1.92. The minimum atomic E-state index is 0.279. The molecular weight excluding hydrogens is 160 g/mol. The molecular formula is C7H14N2OS. The van der Waals surface area contributed by atoms with E-state index in [-0.39, 0.29) is 6.10 Å². The normalized spacial score (nSPS) is 30.0. The third kappa shape index (κ3) is 2.31. The van der Waals surface area contributed by atoms with E-state index in [1.807, 2.05) is 7.05 Å². The fourth-order valence-corrected chi connectivity index (χ4v) is 1.31. The van der Waals surface area contributed by atoms with Gasteiger partial charge in [0.2, 0.25) is 0 Å². The van der Waals surface area contributed by atoms with Crippen LogP contribution in [-0.2, 0) is 4.74 Å². The molecule has 1 aliphatic rings. The van der Waals surface area contributed by atoms with Crippen molar-refractivity contribution in [1.82, 2.24) is 10.6 Å². The van der Waals surface area contributed by atoms with Crippen LogP contribution in [0.5, 0.6) is 0 Å². The van der Waals surface area contributed by atoms with Crippen LogP contribution in [-0.4, -0.2) is 30.9 Å². The van der Waals surface area contributed by atoms with Crippen LogP contribution in [0.15, 0.2) is 0 Å². The molecule has 1 rings (SSSR count). The molecule has 1 saturated heterocycles. The highest BCUT2D eigenvalue weighted by atomic mass is 32.1. The van der Waals surface area contributed by atoms with Crippen molar-refractivity contribution in [2.75, 3.05) is 13.7 Å². The van der Waals surface area contributed by atoms with E-state index in [0.717, 1.165) is 13.0 Å². The van der Waals surface area contributed by atoms with E-state index in [4.69, 9.17) is 17.0 Å². The molecule has 11 heavy (non-hydrogen) atoms. The van der Waals surface area contributed by atoms with Crippen LogP contribution in [0, 0.1) is 0 Å². The largest absolute Gasteiger partial charge is 0.376 e. The van der Waals surface area contributed by atoms with E-state index < -0.39 is 0 Å². The quantitative estimate of drug-likeness (QED) is 0.559. The van der Waals surface area contributed by atoms with Gasteiger partial charge in [0.05, 0.1) is 12.1 Å². The maximum Gasteiger partial charge on any atom is 0.166 e. The molecule has 64 valence electrons. The van der Waals surface area contributed by atoms with Gasteiger partial charge in [-0.2, -0.15) is 0 Å². The van der Waals surface area contributed by atoms with E-state index in [1.54, 1.807) is 0 Å². The molecule has 1 aliphatic heterocycles. The zero-order valence-corrected chi connectivity index (χ0v) is 7.70. The molecule has 1 heterocycles. The molecule has 0 aliphatic carbocycles. The standard InChI is InChI=1S/C7H14N2OS/c1-5-6(3-4-10-5)9-7(11)8-2/h5-6H,3-4H2,1-2H3,(H2,8,9,11). The van der Waals surface area contributed by atoms with E-state index >= 15 is 0 Å². The number of rotatable bonds is 1. The van der Waals surface area contributed by atoms with Crippen molar-refractivity contribution in [2.24, 2.45) is 0 Å². The van der Waals surface area contributed by atoms with Crippen LogP contribution >= 0.6 is 12.2 Å². The van der Waals surface area contributed by atoms with Gasteiger partial charge in [0.25, 0.3) is 0 Å². The van der Waals surface area contributed by atoms with Gasteiger partial charge in [0, 0.05) is 13.7 Å². The third-order valence-corrected chi connectivity index (χ3v) is 2.24. The molecule has 0 aromatic carbocycles. The van der Waals surface area contributed by atoms with E-state index in [2.05, 4.69) is 17.6 Å². The Morgan fingerprint density at radius 1 is 1.64 bits per heavy atom. The van der Waals surface area contributed by atoms with E-state index in [9.17, 15) is 0 Å². The Morgan fingerprint density at radius 3 is 2.82 bits per heavy atom. The van der Waals surface area contributed by atoms with Crippen molar-refractivity contribution >= 4 is 17.3 Å². The minimum absolute atomic E-state index is 0.279. The lowest BCUT2D eigenvalue weighted by Gasteiger charge is -2.17. The fourth-order valence-electron chi connectivity index (χ4n) is 1.16. The van der Waals surface area contributed by atoms with Crippen LogP contribution in [0.1, 0.15) is 13.3 Å². The lowest BCUT2D eigenvalue weighted by atomic mass is 10.2. The molecule has 0 bridgehead atoms. The highest BCUT2D eigenvalue weighted by molar-refractivity contribution is 7.80. The molecule has 2 atom stereocenters. The Bertz CT molecular complexity index is 151. The lowest BCUT2D eigenvalue weighted by molar-refractivity contribution is 0.116. The van der Waals surface area contributed by atoms with Crippen molar-refractivity contribution in [2.45, 2.75) is 25.5 Å². The minimum Gasteiger partial charge on any atom is -0.376 e. The summed E-state index contributed by atoms with van der Waals surface area (Å²) in [5, 5.41) is 6.75. The number of thiocarbonyl (C=S) groups is 1. The molecule has 0 aromatic heterocycles. The highest BCUT2D eigenvalue weighted by Gasteiger charge is 2.23. The van der Waals surface area contributed by atoms with Gasteiger partial charge in [-0.3, -0.25) is 0 Å². The van der Waals surface area contributed by atoms with Crippen molar-refractivity contribution < 1.29 is 4.74 Å². The molecule has 0 saturated carbocycles. The summed E-state index contributed by atoms with van der Waals surface area (Å²) in [7, 11) is 1.82. The van der Waals surface area contributed by atoms with Crippen molar-refractivity contribution in [1.29, 1.82) is 0 Å². The van der Waals surface area contributed by atoms with Crippen molar-refractivity contribution in [3.05, 3.63) is 0 Å². The van der Waals surface area contributed by atoms with Crippen LogP contribution in [0.4, 0.5) is 0 Å². The zero-order chi connectivity index (χ0) is 8.27. The molecule has 2 unspecified atom stereocenters. The first-order chi connectivity index (χ1) is 5.24. The van der Waals surface area contributed by atoms with E-state index in [1.165, 1.54) is 0 Å². The average molecular weight is 174 g/mol. The van der Waals surface area contributed by atoms with Gasteiger partial charge in [-0.15, -0.1) is 0 Å². The second-order valence-corrected chi connectivity index (χ2v) is 3.10. The second-order valence-electron chi connectivity index (χ2n) is 2.69. The average Bonchev–Trinajstić information content (AvgIpc) is 2.37. The first-order valence-electron chi connectivity index (χ1n) is 3.84. The summed E-state index contributed by atoms with van der Waals surface area (Å²) >= 11 is 4.97. The maximum atomic E-state index is 5.36.